The quantitative estimate of drug-likeness (QED) is 0.753. The molecule has 2 nitrogen and oxygen atoms in total. The first-order valence-electron chi connectivity index (χ1n) is 5.77. The van der Waals surface area contributed by atoms with Crippen LogP contribution in [0.5, 0.6) is 0 Å². The van der Waals surface area contributed by atoms with Gasteiger partial charge in [-0.3, -0.25) is 0 Å². The van der Waals surface area contributed by atoms with Gasteiger partial charge in [-0.15, -0.1) is 0 Å². The summed E-state index contributed by atoms with van der Waals surface area (Å²) in [6, 6.07) is 6.26. The standard InChI is InChI=1S/C13H17FO2/c14-12-4-2-1-3-11(12)13(15)9-16-8-7-10-5-6-10/h1-4,10,13,15H,5-9H2. The highest BCUT2D eigenvalue weighted by molar-refractivity contribution is 5.19. The maximum Gasteiger partial charge on any atom is 0.129 e. The molecule has 0 bridgehead atoms. The molecule has 0 heterocycles. The Labute approximate surface area is 95.1 Å². The van der Waals surface area contributed by atoms with E-state index in [0.717, 1.165) is 12.3 Å². The number of rotatable bonds is 6. The van der Waals surface area contributed by atoms with Crippen molar-refractivity contribution in [2.24, 2.45) is 5.92 Å². The summed E-state index contributed by atoms with van der Waals surface area (Å²) in [5.74, 6) is 0.450. The van der Waals surface area contributed by atoms with Crippen LogP contribution >= 0.6 is 0 Å². The average molecular weight is 224 g/mol. The van der Waals surface area contributed by atoms with Crippen LogP contribution in [0.3, 0.4) is 0 Å². The van der Waals surface area contributed by atoms with E-state index in [1.165, 1.54) is 18.9 Å². The van der Waals surface area contributed by atoms with Gasteiger partial charge in [0.15, 0.2) is 0 Å². The van der Waals surface area contributed by atoms with Crippen LogP contribution in [0.1, 0.15) is 30.9 Å². The molecule has 1 N–H and O–H groups in total. The van der Waals surface area contributed by atoms with E-state index in [9.17, 15) is 9.50 Å². The lowest BCUT2D eigenvalue weighted by atomic mass is 10.1. The maximum atomic E-state index is 13.3. The van der Waals surface area contributed by atoms with E-state index < -0.39 is 6.10 Å². The van der Waals surface area contributed by atoms with Crippen LogP contribution in [0.15, 0.2) is 24.3 Å². The highest BCUT2D eigenvalue weighted by atomic mass is 19.1. The van der Waals surface area contributed by atoms with Crippen molar-refractivity contribution in [3.8, 4) is 0 Å². The first kappa shape index (κ1) is 11.6. The molecule has 0 aliphatic heterocycles. The SMILES string of the molecule is OC(COCCC1CC1)c1ccccc1F. The number of aliphatic hydroxyl groups excluding tert-OH is 1. The minimum atomic E-state index is -0.861. The Kier molecular flexibility index (Phi) is 3.91. The molecule has 2 rings (SSSR count). The molecule has 0 radical (unpaired) electrons. The predicted octanol–water partition coefficient (Wildman–Crippen LogP) is 2.68. The first-order valence-corrected chi connectivity index (χ1v) is 5.77. The molecule has 0 saturated heterocycles. The fraction of sp³-hybridized carbons (Fsp3) is 0.538. The zero-order chi connectivity index (χ0) is 11.4. The lowest BCUT2D eigenvalue weighted by Gasteiger charge is -2.12. The third kappa shape index (κ3) is 3.29. The third-order valence-corrected chi connectivity index (χ3v) is 2.91. The number of aliphatic hydroxyl groups is 1. The van der Waals surface area contributed by atoms with Crippen molar-refractivity contribution < 1.29 is 14.2 Å². The fourth-order valence-electron chi connectivity index (χ4n) is 1.69. The zero-order valence-electron chi connectivity index (χ0n) is 9.23. The van der Waals surface area contributed by atoms with E-state index >= 15 is 0 Å². The van der Waals surface area contributed by atoms with Crippen molar-refractivity contribution >= 4 is 0 Å². The van der Waals surface area contributed by atoms with Crippen LogP contribution in [0.2, 0.25) is 0 Å². The number of benzene rings is 1. The summed E-state index contributed by atoms with van der Waals surface area (Å²) in [6.07, 6.45) is 2.81. The van der Waals surface area contributed by atoms with Gasteiger partial charge in [0.1, 0.15) is 11.9 Å². The van der Waals surface area contributed by atoms with E-state index in [2.05, 4.69) is 0 Å². The molecule has 1 saturated carbocycles. The molecule has 1 aromatic carbocycles. The number of ether oxygens (including phenoxy) is 1. The molecule has 1 atom stereocenters. The summed E-state index contributed by atoms with van der Waals surface area (Å²) >= 11 is 0. The van der Waals surface area contributed by atoms with Crippen LogP contribution in [-0.4, -0.2) is 18.3 Å². The van der Waals surface area contributed by atoms with Crippen LogP contribution < -0.4 is 0 Å². The molecule has 0 spiro atoms. The topological polar surface area (TPSA) is 29.5 Å². The Morgan fingerprint density at radius 1 is 1.38 bits per heavy atom. The van der Waals surface area contributed by atoms with Gasteiger partial charge in [0.05, 0.1) is 6.61 Å². The van der Waals surface area contributed by atoms with Gasteiger partial charge < -0.3 is 9.84 Å². The normalized spacial score (nSPS) is 17.4. The molecular weight excluding hydrogens is 207 g/mol. The summed E-state index contributed by atoms with van der Waals surface area (Å²) in [4.78, 5) is 0. The van der Waals surface area contributed by atoms with Crippen LogP contribution in [0.4, 0.5) is 4.39 Å². The van der Waals surface area contributed by atoms with Crippen molar-refractivity contribution in [1.29, 1.82) is 0 Å². The van der Waals surface area contributed by atoms with Gasteiger partial charge in [-0.1, -0.05) is 31.0 Å². The van der Waals surface area contributed by atoms with E-state index in [0.29, 0.717) is 12.2 Å². The van der Waals surface area contributed by atoms with Crippen molar-refractivity contribution in [2.75, 3.05) is 13.2 Å². The predicted molar refractivity (Wildman–Crippen MR) is 59.5 cm³/mol. The largest absolute Gasteiger partial charge is 0.386 e. The molecule has 0 aromatic heterocycles. The second-order valence-corrected chi connectivity index (χ2v) is 4.34. The minimum absolute atomic E-state index is 0.174. The zero-order valence-corrected chi connectivity index (χ0v) is 9.23. The van der Waals surface area contributed by atoms with E-state index in [1.807, 2.05) is 0 Å². The van der Waals surface area contributed by atoms with Crippen molar-refractivity contribution in [3.63, 3.8) is 0 Å². The molecule has 3 heteroatoms. The molecule has 1 fully saturated rings. The summed E-state index contributed by atoms with van der Waals surface area (Å²) in [7, 11) is 0. The van der Waals surface area contributed by atoms with E-state index in [1.54, 1.807) is 18.2 Å². The van der Waals surface area contributed by atoms with Gasteiger partial charge in [-0.2, -0.15) is 0 Å². The van der Waals surface area contributed by atoms with Gasteiger partial charge in [0.2, 0.25) is 0 Å². The number of hydrogen-bond acceptors (Lipinski definition) is 2. The Morgan fingerprint density at radius 2 is 2.12 bits per heavy atom. The molecule has 1 aromatic rings. The van der Waals surface area contributed by atoms with Crippen LogP contribution in [-0.2, 0) is 4.74 Å². The summed E-state index contributed by atoms with van der Waals surface area (Å²) in [5.41, 5.74) is 0.314. The smallest absolute Gasteiger partial charge is 0.129 e. The van der Waals surface area contributed by atoms with Gasteiger partial charge in [-0.25, -0.2) is 4.39 Å². The highest BCUT2D eigenvalue weighted by Crippen LogP contribution is 2.32. The third-order valence-electron chi connectivity index (χ3n) is 2.91. The van der Waals surface area contributed by atoms with Gasteiger partial charge >= 0.3 is 0 Å². The highest BCUT2D eigenvalue weighted by Gasteiger charge is 2.20. The second kappa shape index (κ2) is 5.41. The fourth-order valence-corrected chi connectivity index (χ4v) is 1.69. The first-order chi connectivity index (χ1) is 7.77. The molecular formula is C13H17FO2. The lowest BCUT2D eigenvalue weighted by Crippen LogP contribution is -2.09. The Hall–Kier alpha value is -0.930. The Morgan fingerprint density at radius 3 is 2.81 bits per heavy atom. The Bertz CT molecular complexity index is 336. The van der Waals surface area contributed by atoms with Gasteiger partial charge in [0.25, 0.3) is 0 Å². The van der Waals surface area contributed by atoms with Gasteiger partial charge in [0, 0.05) is 12.2 Å². The van der Waals surface area contributed by atoms with Crippen molar-refractivity contribution in [1.82, 2.24) is 0 Å². The van der Waals surface area contributed by atoms with Gasteiger partial charge in [-0.05, 0) is 18.4 Å². The van der Waals surface area contributed by atoms with E-state index in [4.69, 9.17) is 4.74 Å². The van der Waals surface area contributed by atoms with E-state index in [-0.39, 0.29) is 12.4 Å². The monoisotopic (exact) mass is 224 g/mol. The van der Waals surface area contributed by atoms with Crippen molar-refractivity contribution in [2.45, 2.75) is 25.4 Å². The molecule has 1 unspecified atom stereocenters. The molecule has 1 aliphatic rings. The summed E-state index contributed by atoms with van der Waals surface area (Å²) < 4.78 is 18.6. The second-order valence-electron chi connectivity index (χ2n) is 4.34. The number of hydrogen-bond donors (Lipinski definition) is 1. The molecule has 1 aliphatic carbocycles. The lowest BCUT2D eigenvalue weighted by molar-refractivity contribution is 0.0319. The van der Waals surface area contributed by atoms with Crippen LogP contribution in [0, 0.1) is 11.7 Å². The number of halogens is 1. The summed E-state index contributed by atoms with van der Waals surface area (Å²) in [6.45, 7) is 0.837. The summed E-state index contributed by atoms with van der Waals surface area (Å²) in [5, 5.41) is 9.72. The molecule has 16 heavy (non-hydrogen) atoms. The Balaban J connectivity index is 1.73. The van der Waals surface area contributed by atoms with Crippen molar-refractivity contribution in [3.05, 3.63) is 35.6 Å². The maximum absolute atomic E-state index is 13.3. The molecule has 88 valence electrons. The minimum Gasteiger partial charge on any atom is -0.386 e. The molecule has 0 amide bonds. The average Bonchev–Trinajstić information content (AvgIpc) is 3.08. The van der Waals surface area contributed by atoms with Crippen LogP contribution in [0.25, 0.3) is 0 Å².